The minimum Gasteiger partial charge on any atom is -0.308 e. The van der Waals surface area contributed by atoms with Crippen molar-refractivity contribution in [2.24, 2.45) is 0 Å². The number of nitrogens with zero attached hydrogens (tertiary/aromatic N) is 2. The summed E-state index contributed by atoms with van der Waals surface area (Å²) in [6.07, 6.45) is 0. The zero-order valence-electron chi connectivity index (χ0n) is 13.1. The largest absolute Gasteiger partial charge is 0.308 e. The molecule has 0 amide bonds. The number of rotatable bonds is 3. The number of hydrogen-bond acceptors (Lipinski definition) is 2. The zero-order chi connectivity index (χ0) is 15.8. The fourth-order valence-corrected chi connectivity index (χ4v) is 2.62. The van der Waals surface area contributed by atoms with Crippen LogP contribution in [0, 0.1) is 13.8 Å². The van der Waals surface area contributed by atoms with E-state index < -0.39 is 0 Å². The quantitative estimate of drug-likeness (QED) is 0.841. The number of hydrogen-bond donors (Lipinski definition) is 1. The molecule has 0 aliphatic heterocycles. The Bertz CT molecular complexity index is 656. The van der Waals surface area contributed by atoms with Crippen LogP contribution in [0.5, 0.6) is 0 Å². The van der Waals surface area contributed by atoms with Gasteiger partial charge in [0.1, 0.15) is 0 Å². The Kier molecular flexibility index (Phi) is 4.81. The van der Waals surface area contributed by atoms with Gasteiger partial charge in [0.05, 0.1) is 21.5 Å². The first-order chi connectivity index (χ1) is 9.70. The van der Waals surface area contributed by atoms with Crippen LogP contribution in [-0.2, 0) is 6.54 Å². The molecule has 0 spiro atoms. The molecule has 0 radical (unpaired) electrons. The average molecular weight is 371 g/mol. The summed E-state index contributed by atoms with van der Waals surface area (Å²) in [4.78, 5) is 0. The highest BCUT2D eigenvalue weighted by molar-refractivity contribution is 9.10. The average Bonchev–Trinajstić information content (AvgIpc) is 2.64. The van der Waals surface area contributed by atoms with Gasteiger partial charge in [-0.15, -0.1) is 0 Å². The van der Waals surface area contributed by atoms with Crippen LogP contribution in [0.3, 0.4) is 0 Å². The number of aryl methyl sites for hydroxylation is 1. The van der Waals surface area contributed by atoms with Crippen molar-refractivity contribution in [2.75, 3.05) is 0 Å². The molecule has 2 aromatic rings. The first kappa shape index (κ1) is 16.5. The van der Waals surface area contributed by atoms with Crippen LogP contribution in [0.25, 0.3) is 5.69 Å². The highest BCUT2D eigenvalue weighted by Crippen LogP contribution is 2.28. The summed E-state index contributed by atoms with van der Waals surface area (Å²) in [6.45, 7) is 11.2. The van der Waals surface area contributed by atoms with Crippen LogP contribution in [0.2, 0.25) is 5.02 Å². The molecule has 1 heterocycles. The van der Waals surface area contributed by atoms with Gasteiger partial charge in [-0.25, -0.2) is 4.68 Å². The first-order valence-corrected chi connectivity index (χ1v) is 8.12. The molecular formula is C16H21BrClN3. The summed E-state index contributed by atoms with van der Waals surface area (Å²) >= 11 is 9.99. The van der Waals surface area contributed by atoms with Crippen LogP contribution in [0.4, 0.5) is 0 Å². The Morgan fingerprint density at radius 2 is 1.95 bits per heavy atom. The molecule has 5 heteroatoms. The van der Waals surface area contributed by atoms with E-state index in [2.05, 4.69) is 53.2 Å². The van der Waals surface area contributed by atoms with Crippen molar-refractivity contribution >= 4 is 27.5 Å². The third-order valence-electron chi connectivity index (χ3n) is 3.32. The number of benzene rings is 1. The van der Waals surface area contributed by atoms with Crippen LogP contribution in [0.1, 0.15) is 37.7 Å². The molecule has 0 aliphatic rings. The monoisotopic (exact) mass is 369 g/mol. The minimum atomic E-state index is 0.0338. The predicted octanol–water partition coefficient (Wildman–Crippen LogP) is 4.79. The third-order valence-corrected chi connectivity index (χ3v) is 4.82. The van der Waals surface area contributed by atoms with E-state index in [1.807, 2.05) is 30.7 Å². The van der Waals surface area contributed by atoms with Gasteiger partial charge in [-0.2, -0.15) is 5.10 Å². The fourth-order valence-electron chi connectivity index (χ4n) is 2.13. The van der Waals surface area contributed by atoms with Gasteiger partial charge in [0, 0.05) is 22.7 Å². The van der Waals surface area contributed by atoms with E-state index in [9.17, 15) is 0 Å². The molecule has 3 nitrogen and oxygen atoms in total. The molecule has 0 bridgehead atoms. The normalized spacial score (nSPS) is 12.0. The molecule has 1 aromatic carbocycles. The van der Waals surface area contributed by atoms with Crippen molar-refractivity contribution in [3.8, 4) is 5.69 Å². The Morgan fingerprint density at radius 3 is 2.48 bits per heavy atom. The fraction of sp³-hybridized carbons (Fsp3) is 0.438. The highest BCUT2D eigenvalue weighted by Gasteiger charge is 2.17. The van der Waals surface area contributed by atoms with Gasteiger partial charge in [-0.05, 0) is 62.7 Å². The Morgan fingerprint density at radius 1 is 1.29 bits per heavy atom. The molecule has 0 saturated heterocycles. The van der Waals surface area contributed by atoms with Crippen LogP contribution in [-0.4, -0.2) is 15.3 Å². The van der Waals surface area contributed by atoms with Crippen molar-refractivity contribution in [1.82, 2.24) is 15.1 Å². The summed E-state index contributed by atoms with van der Waals surface area (Å²) in [7, 11) is 0. The van der Waals surface area contributed by atoms with Gasteiger partial charge < -0.3 is 5.32 Å². The Hall–Kier alpha value is -0.840. The van der Waals surface area contributed by atoms with Crippen molar-refractivity contribution in [1.29, 1.82) is 0 Å². The van der Waals surface area contributed by atoms with E-state index in [1.54, 1.807) is 0 Å². The van der Waals surface area contributed by atoms with Gasteiger partial charge in [-0.1, -0.05) is 17.7 Å². The smallest absolute Gasteiger partial charge is 0.0743 e. The molecule has 0 unspecified atom stereocenters. The van der Waals surface area contributed by atoms with Crippen molar-refractivity contribution in [3.05, 3.63) is 44.6 Å². The van der Waals surface area contributed by atoms with Crippen molar-refractivity contribution < 1.29 is 0 Å². The van der Waals surface area contributed by atoms with E-state index in [1.165, 1.54) is 0 Å². The van der Waals surface area contributed by atoms with Crippen LogP contribution >= 0.6 is 27.5 Å². The molecule has 21 heavy (non-hydrogen) atoms. The van der Waals surface area contributed by atoms with Gasteiger partial charge >= 0.3 is 0 Å². The van der Waals surface area contributed by atoms with Crippen LogP contribution in [0.15, 0.2) is 22.7 Å². The Balaban J connectivity index is 2.49. The number of nitrogens with one attached hydrogen (secondary N) is 1. The number of halogens is 2. The topological polar surface area (TPSA) is 29.9 Å². The predicted molar refractivity (Wildman–Crippen MR) is 92.3 cm³/mol. The SMILES string of the molecule is Cc1nn(-c2cccc(Cl)c2CNC(C)(C)C)c(C)c1Br. The zero-order valence-corrected chi connectivity index (χ0v) is 15.4. The van der Waals surface area contributed by atoms with Gasteiger partial charge in [0.25, 0.3) is 0 Å². The van der Waals surface area contributed by atoms with Gasteiger partial charge in [0.2, 0.25) is 0 Å². The lowest BCUT2D eigenvalue weighted by molar-refractivity contribution is 0.424. The summed E-state index contributed by atoms with van der Waals surface area (Å²) in [5, 5.41) is 8.86. The lowest BCUT2D eigenvalue weighted by Crippen LogP contribution is -2.35. The molecule has 0 fully saturated rings. The molecule has 1 N–H and O–H groups in total. The van der Waals surface area contributed by atoms with Crippen LogP contribution < -0.4 is 5.32 Å². The highest BCUT2D eigenvalue weighted by atomic mass is 79.9. The maximum atomic E-state index is 6.41. The standard InChI is InChI=1S/C16H21BrClN3/c1-10-15(17)11(2)21(20-10)14-8-6-7-13(18)12(14)9-19-16(3,4)5/h6-8,19H,9H2,1-5H3. The molecule has 114 valence electrons. The molecule has 0 aliphatic carbocycles. The van der Waals surface area contributed by atoms with E-state index in [0.717, 1.165) is 32.1 Å². The van der Waals surface area contributed by atoms with Gasteiger partial charge in [0.15, 0.2) is 0 Å². The molecule has 2 rings (SSSR count). The van der Waals surface area contributed by atoms with Crippen molar-refractivity contribution in [2.45, 2.75) is 46.7 Å². The second kappa shape index (κ2) is 6.11. The maximum absolute atomic E-state index is 6.41. The first-order valence-electron chi connectivity index (χ1n) is 6.95. The summed E-state index contributed by atoms with van der Waals surface area (Å²) in [6, 6.07) is 5.94. The second-order valence-corrected chi connectivity index (χ2v) is 7.44. The third kappa shape index (κ3) is 3.68. The summed E-state index contributed by atoms with van der Waals surface area (Å²) < 4.78 is 2.99. The summed E-state index contributed by atoms with van der Waals surface area (Å²) in [5.74, 6) is 0. The lowest BCUT2D eigenvalue weighted by atomic mass is 10.1. The molecule has 0 atom stereocenters. The van der Waals surface area contributed by atoms with Gasteiger partial charge in [-0.3, -0.25) is 0 Å². The van der Waals surface area contributed by atoms with E-state index in [4.69, 9.17) is 11.6 Å². The number of aromatic nitrogens is 2. The van der Waals surface area contributed by atoms with Crippen molar-refractivity contribution in [3.63, 3.8) is 0 Å². The molecule has 0 saturated carbocycles. The second-order valence-electron chi connectivity index (χ2n) is 6.24. The lowest BCUT2D eigenvalue weighted by Gasteiger charge is -2.22. The van der Waals surface area contributed by atoms with E-state index in [0.29, 0.717) is 6.54 Å². The maximum Gasteiger partial charge on any atom is 0.0743 e. The Labute approximate surface area is 139 Å². The summed E-state index contributed by atoms with van der Waals surface area (Å²) in [5.41, 5.74) is 4.17. The molecular weight excluding hydrogens is 350 g/mol. The van der Waals surface area contributed by atoms with E-state index >= 15 is 0 Å². The van der Waals surface area contributed by atoms with E-state index in [-0.39, 0.29) is 5.54 Å². The minimum absolute atomic E-state index is 0.0338. The molecule has 1 aromatic heterocycles.